The van der Waals surface area contributed by atoms with Gasteiger partial charge in [-0.1, -0.05) is 27.7 Å². The van der Waals surface area contributed by atoms with Gasteiger partial charge in [-0.15, -0.1) is 0 Å². The van der Waals surface area contributed by atoms with Crippen molar-refractivity contribution in [2.75, 3.05) is 19.6 Å². The van der Waals surface area contributed by atoms with E-state index in [9.17, 15) is 0 Å². The van der Waals surface area contributed by atoms with Crippen LogP contribution < -0.4 is 5.32 Å². The van der Waals surface area contributed by atoms with Crippen molar-refractivity contribution in [3.63, 3.8) is 0 Å². The van der Waals surface area contributed by atoms with Crippen LogP contribution in [0.4, 0.5) is 0 Å². The minimum Gasteiger partial charge on any atom is -0.311 e. The van der Waals surface area contributed by atoms with Crippen molar-refractivity contribution in [1.29, 1.82) is 0 Å². The zero-order chi connectivity index (χ0) is 14.8. The summed E-state index contributed by atoms with van der Waals surface area (Å²) in [5, 5.41) is 7.99. The molecule has 0 saturated carbocycles. The van der Waals surface area contributed by atoms with E-state index < -0.39 is 0 Å². The molecule has 0 bridgehead atoms. The van der Waals surface area contributed by atoms with Crippen LogP contribution in [-0.4, -0.2) is 46.4 Å². The molecule has 4 heteroatoms. The molecule has 0 aromatic carbocycles. The van der Waals surface area contributed by atoms with Crippen LogP contribution in [0.25, 0.3) is 0 Å². The largest absolute Gasteiger partial charge is 0.311 e. The van der Waals surface area contributed by atoms with E-state index >= 15 is 0 Å². The molecule has 4 nitrogen and oxygen atoms in total. The van der Waals surface area contributed by atoms with E-state index in [2.05, 4.69) is 49.1 Å². The minimum absolute atomic E-state index is 0.323. The Morgan fingerprint density at radius 2 is 2.15 bits per heavy atom. The van der Waals surface area contributed by atoms with Crippen LogP contribution in [0.5, 0.6) is 0 Å². The summed E-state index contributed by atoms with van der Waals surface area (Å²) in [6.45, 7) is 12.7. The summed E-state index contributed by atoms with van der Waals surface area (Å²) in [4.78, 5) is 2.67. The van der Waals surface area contributed by atoms with Gasteiger partial charge in [-0.3, -0.25) is 9.58 Å². The van der Waals surface area contributed by atoms with E-state index in [0.717, 1.165) is 26.1 Å². The zero-order valence-corrected chi connectivity index (χ0v) is 13.7. The van der Waals surface area contributed by atoms with Crippen LogP contribution in [0.3, 0.4) is 0 Å². The lowest BCUT2D eigenvalue weighted by molar-refractivity contribution is 0.0842. The first kappa shape index (κ1) is 15.5. The monoisotopic (exact) mass is 278 g/mol. The van der Waals surface area contributed by atoms with Crippen molar-refractivity contribution in [2.45, 2.75) is 52.6 Å². The lowest BCUT2D eigenvalue weighted by atomic mass is 9.84. The van der Waals surface area contributed by atoms with Crippen molar-refractivity contribution in [3.05, 3.63) is 18.0 Å². The summed E-state index contributed by atoms with van der Waals surface area (Å²) in [5.41, 5.74) is 1.65. The first-order chi connectivity index (χ1) is 9.41. The second-order valence-electron chi connectivity index (χ2n) is 7.08. The smallest absolute Gasteiger partial charge is 0.0492 e. The molecular formula is C16H30N4. The van der Waals surface area contributed by atoms with Crippen LogP contribution in [0.1, 0.15) is 39.8 Å². The van der Waals surface area contributed by atoms with Gasteiger partial charge >= 0.3 is 0 Å². The Bertz CT molecular complexity index is 418. The molecule has 2 heterocycles. The van der Waals surface area contributed by atoms with Gasteiger partial charge < -0.3 is 5.32 Å². The molecule has 1 aromatic rings. The molecule has 0 spiro atoms. The van der Waals surface area contributed by atoms with Gasteiger partial charge in [-0.2, -0.15) is 5.10 Å². The predicted molar refractivity (Wildman–Crippen MR) is 83.8 cm³/mol. The Morgan fingerprint density at radius 1 is 1.40 bits per heavy atom. The number of piperazine rings is 1. The number of aromatic nitrogens is 2. The number of hydrogen-bond acceptors (Lipinski definition) is 3. The minimum atomic E-state index is 0.323. The second kappa shape index (κ2) is 6.27. The summed E-state index contributed by atoms with van der Waals surface area (Å²) < 4.78 is 1.99. The molecule has 1 fully saturated rings. The summed E-state index contributed by atoms with van der Waals surface area (Å²) in [7, 11) is 2.03. The molecular weight excluding hydrogens is 248 g/mol. The Balaban J connectivity index is 1.97. The van der Waals surface area contributed by atoms with Gasteiger partial charge in [0.1, 0.15) is 0 Å². The highest BCUT2D eigenvalue weighted by Gasteiger charge is 2.33. The van der Waals surface area contributed by atoms with E-state index in [4.69, 9.17) is 0 Å². The van der Waals surface area contributed by atoms with Gasteiger partial charge in [0.25, 0.3) is 0 Å². The molecule has 1 aromatic heterocycles. The molecule has 2 rings (SSSR count). The molecule has 20 heavy (non-hydrogen) atoms. The highest BCUT2D eigenvalue weighted by atomic mass is 15.3. The Kier molecular flexibility index (Phi) is 4.86. The molecule has 2 atom stereocenters. The SMILES string of the molecule is CCC1CNC(C(C)(C)C)CN1CCc1ccnn1C. The van der Waals surface area contributed by atoms with Gasteiger partial charge in [-0.05, 0) is 17.9 Å². The molecule has 1 N–H and O–H groups in total. The normalized spacial score (nSPS) is 25.1. The van der Waals surface area contributed by atoms with Crippen LogP contribution in [-0.2, 0) is 13.5 Å². The molecule has 0 radical (unpaired) electrons. The lowest BCUT2D eigenvalue weighted by Gasteiger charge is -2.45. The number of nitrogens with zero attached hydrogens (tertiary/aromatic N) is 3. The Morgan fingerprint density at radius 3 is 2.70 bits per heavy atom. The molecule has 114 valence electrons. The fourth-order valence-corrected chi connectivity index (χ4v) is 3.02. The van der Waals surface area contributed by atoms with Crippen LogP contribution >= 0.6 is 0 Å². The molecule has 1 aliphatic heterocycles. The third-order valence-electron chi connectivity index (χ3n) is 4.63. The fourth-order valence-electron chi connectivity index (χ4n) is 3.02. The summed E-state index contributed by atoms with van der Waals surface area (Å²) in [6.07, 6.45) is 4.20. The van der Waals surface area contributed by atoms with Gasteiger partial charge in [0.15, 0.2) is 0 Å². The van der Waals surface area contributed by atoms with Crippen LogP contribution in [0, 0.1) is 5.41 Å². The van der Waals surface area contributed by atoms with Crippen molar-refractivity contribution < 1.29 is 0 Å². The van der Waals surface area contributed by atoms with E-state index in [-0.39, 0.29) is 0 Å². The maximum absolute atomic E-state index is 4.26. The summed E-state index contributed by atoms with van der Waals surface area (Å²) >= 11 is 0. The first-order valence-electron chi connectivity index (χ1n) is 7.86. The summed E-state index contributed by atoms with van der Waals surface area (Å²) in [6, 6.07) is 3.38. The van der Waals surface area contributed by atoms with Crippen molar-refractivity contribution in [1.82, 2.24) is 20.0 Å². The highest BCUT2D eigenvalue weighted by molar-refractivity contribution is 5.01. The topological polar surface area (TPSA) is 33.1 Å². The average molecular weight is 278 g/mol. The molecule has 0 amide bonds. The third-order valence-corrected chi connectivity index (χ3v) is 4.63. The van der Waals surface area contributed by atoms with Crippen molar-refractivity contribution in [2.24, 2.45) is 12.5 Å². The zero-order valence-electron chi connectivity index (χ0n) is 13.7. The van der Waals surface area contributed by atoms with E-state index in [1.165, 1.54) is 12.1 Å². The summed E-state index contributed by atoms with van der Waals surface area (Å²) in [5.74, 6) is 0. The third kappa shape index (κ3) is 3.61. The van der Waals surface area contributed by atoms with Gasteiger partial charge in [-0.25, -0.2) is 0 Å². The molecule has 1 saturated heterocycles. The van der Waals surface area contributed by atoms with Crippen LogP contribution in [0.15, 0.2) is 12.3 Å². The molecule has 2 unspecified atom stereocenters. The quantitative estimate of drug-likeness (QED) is 0.915. The second-order valence-corrected chi connectivity index (χ2v) is 7.08. The van der Waals surface area contributed by atoms with Crippen molar-refractivity contribution >= 4 is 0 Å². The Hall–Kier alpha value is -0.870. The van der Waals surface area contributed by atoms with E-state index in [0.29, 0.717) is 17.5 Å². The van der Waals surface area contributed by atoms with Gasteiger partial charge in [0.2, 0.25) is 0 Å². The van der Waals surface area contributed by atoms with E-state index in [1.807, 2.05) is 17.9 Å². The van der Waals surface area contributed by atoms with Crippen LogP contribution in [0.2, 0.25) is 0 Å². The van der Waals surface area contributed by atoms with Crippen molar-refractivity contribution in [3.8, 4) is 0 Å². The average Bonchev–Trinajstić information content (AvgIpc) is 2.80. The fraction of sp³-hybridized carbons (Fsp3) is 0.812. The molecule has 1 aliphatic rings. The molecule has 0 aliphatic carbocycles. The maximum atomic E-state index is 4.26. The lowest BCUT2D eigenvalue weighted by Crippen LogP contribution is -2.60. The number of rotatable bonds is 4. The standard InChI is InChI=1S/C16H30N4/c1-6-13-11-17-15(16(2,3)4)12-20(13)10-8-14-7-9-18-19(14)5/h7,9,13,15,17H,6,8,10-12H2,1-5H3. The first-order valence-corrected chi connectivity index (χ1v) is 7.86. The number of nitrogens with one attached hydrogen (secondary N) is 1. The maximum Gasteiger partial charge on any atom is 0.0492 e. The number of hydrogen-bond donors (Lipinski definition) is 1. The highest BCUT2D eigenvalue weighted by Crippen LogP contribution is 2.24. The predicted octanol–water partition coefficient (Wildman–Crippen LogP) is 2.06. The number of aryl methyl sites for hydroxylation is 1. The van der Waals surface area contributed by atoms with E-state index in [1.54, 1.807) is 0 Å². The Labute approximate surface area is 123 Å². The van der Waals surface area contributed by atoms with Gasteiger partial charge in [0.05, 0.1) is 0 Å². The van der Waals surface area contributed by atoms with Gasteiger partial charge in [0, 0.05) is 57.1 Å².